The molecule has 0 spiro atoms. The van der Waals surface area contributed by atoms with Crippen LogP contribution in [0.15, 0.2) is 77.3 Å². The van der Waals surface area contributed by atoms with Gasteiger partial charge in [-0.3, -0.25) is 4.98 Å². The van der Waals surface area contributed by atoms with Crippen molar-refractivity contribution < 1.29 is 4.42 Å². The van der Waals surface area contributed by atoms with Crippen molar-refractivity contribution >= 4 is 34.6 Å². The number of furan rings is 1. The summed E-state index contributed by atoms with van der Waals surface area (Å²) in [6.45, 7) is 6.25. The summed E-state index contributed by atoms with van der Waals surface area (Å²) >= 11 is 12.1. The molecule has 1 aliphatic rings. The number of aryl methyl sites for hydroxylation is 3. The quantitative estimate of drug-likeness (QED) is 0.320. The number of nitrogens with one attached hydrogen (secondary N) is 1. The first kappa shape index (κ1) is 21.7. The molecule has 6 heteroatoms. The molecule has 5 rings (SSSR count). The molecule has 3 heterocycles. The van der Waals surface area contributed by atoms with Crippen LogP contribution in [0.4, 0.5) is 5.69 Å². The van der Waals surface area contributed by atoms with E-state index in [9.17, 15) is 0 Å². The standard InChI is InChI=1S/C27H24ClN3OS/c1-16-12-17(2)14-20(13-16)31-26(25(30-27(31)33)22-6-4-5-11-29-22)24-10-9-23(32-24)21-15-19(28)8-7-18(21)3/h4-15,25-26H,1-3H3,(H,30,33). The van der Waals surface area contributed by atoms with Gasteiger partial charge in [0, 0.05) is 22.5 Å². The Labute approximate surface area is 204 Å². The van der Waals surface area contributed by atoms with Gasteiger partial charge in [0.1, 0.15) is 17.6 Å². The van der Waals surface area contributed by atoms with Gasteiger partial charge in [-0.2, -0.15) is 0 Å². The minimum absolute atomic E-state index is 0.154. The second kappa shape index (κ2) is 8.65. The first-order chi connectivity index (χ1) is 15.9. The van der Waals surface area contributed by atoms with Crippen LogP contribution in [0.2, 0.25) is 5.02 Å². The number of benzene rings is 2. The molecule has 33 heavy (non-hydrogen) atoms. The molecule has 1 fully saturated rings. The Balaban J connectivity index is 1.63. The van der Waals surface area contributed by atoms with E-state index in [1.54, 1.807) is 6.20 Å². The number of rotatable bonds is 4. The summed E-state index contributed by atoms with van der Waals surface area (Å²) in [5, 5.41) is 4.82. The third-order valence-corrected chi connectivity index (χ3v) is 6.52. The third-order valence-electron chi connectivity index (χ3n) is 5.97. The fraction of sp³-hybridized carbons (Fsp3) is 0.185. The second-order valence-corrected chi connectivity index (χ2v) is 9.33. The van der Waals surface area contributed by atoms with Crippen molar-refractivity contribution in [3.8, 4) is 11.3 Å². The average molecular weight is 474 g/mol. The van der Waals surface area contributed by atoms with Crippen molar-refractivity contribution in [3.63, 3.8) is 0 Å². The van der Waals surface area contributed by atoms with Gasteiger partial charge in [0.15, 0.2) is 5.11 Å². The van der Waals surface area contributed by atoms with Crippen molar-refractivity contribution in [1.29, 1.82) is 0 Å². The third kappa shape index (κ3) is 4.14. The fourth-order valence-electron chi connectivity index (χ4n) is 4.53. The summed E-state index contributed by atoms with van der Waals surface area (Å²) in [6, 6.07) is 21.9. The van der Waals surface area contributed by atoms with Crippen LogP contribution in [0.25, 0.3) is 11.3 Å². The molecular weight excluding hydrogens is 450 g/mol. The zero-order chi connectivity index (χ0) is 23.1. The van der Waals surface area contributed by atoms with Crippen LogP contribution in [0.3, 0.4) is 0 Å². The molecule has 0 aliphatic carbocycles. The molecule has 1 N–H and O–H groups in total. The van der Waals surface area contributed by atoms with Crippen LogP contribution < -0.4 is 10.2 Å². The number of hydrogen-bond donors (Lipinski definition) is 1. The Morgan fingerprint density at radius 1 is 0.970 bits per heavy atom. The monoisotopic (exact) mass is 473 g/mol. The molecular formula is C27H24ClN3OS. The predicted molar refractivity (Wildman–Crippen MR) is 138 cm³/mol. The molecule has 0 saturated carbocycles. The van der Waals surface area contributed by atoms with Gasteiger partial charge >= 0.3 is 0 Å². The molecule has 1 saturated heterocycles. The maximum absolute atomic E-state index is 6.47. The lowest BCUT2D eigenvalue weighted by atomic mass is 10.0. The molecule has 2 atom stereocenters. The summed E-state index contributed by atoms with van der Waals surface area (Å²) in [4.78, 5) is 6.76. The fourth-order valence-corrected chi connectivity index (χ4v) is 5.05. The minimum atomic E-state index is -0.193. The largest absolute Gasteiger partial charge is 0.459 e. The zero-order valence-corrected chi connectivity index (χ0v) is 20.2. The highest BCUT2D eigenvalue weighted by molar-refractivity contribution is 7.80. The van der Waals surface area contributed by atoms with Crippen molar-refractivity contribution in [2.24, 2.45) is 0 Å². The molecule has 4 nitrogen and oxygen atoms in total. The van der Waals surface area contributed by atoms with Gasteiger partial charge in [-0.15, -0.1) is 0 Å². The average Bonchev–Trinajstić information content (AvgIpc) is 3.40. The van der Waals surface area contributed by atoms with Crippen molar-refractivity contribution in [2.45, 2.75) is 32.9 Å². The number of aromatic nitrogens is 1. The van der Waals surface area contributed by atoms with Gasteiger partial charge in [0.05, 0.1) is 11.7 Å². The summed E-state index contributed by atoms with van der Waals surface area (Å²) in [7, 11) is 0. The number of thiocarbonyl (C=S) groups is 1. The highest BCUT2D eigenvalue weighted by Gasteiger charge is 2.42. The Kier molecular flexibility index (Phi) is 5.69. The van der Waals surface area contributed by atoms with E-state index in [1.165, 1.54) is 11.1 Å². The Morgan fingerprint density at radius 3 is 2.48 bits per heavy atom. The zero-order valence-electron chi connectivity index (χ0n) is 18.7. The van der Waals surface area contributed by atoms with Crippen LogP contribution in [0, 0.1) is 20.8 Å². The van der Waals surface area contributed by atoms with Crippen molar-refractivity contribution in [3.05, 3.63) is 106 Å². The highest BCUT2D eigenvalue weighted by atomic mass is 35.5. The van der Waals surface area contributed by atoms with Crippen LogP contribution in [-0.2, 0) is 0 Å². The molecule has 4 aromatic rings. The van der Waals surface area contributed by atoms with Gasteiger partial charge in [0.25, 0.3) is 0 Å². The summed E-state index contributed by atoms with van der Waals surface area (Å²) in [6.07, 6.45) is 1.81. The van der Waals surface area contributed by atoms with E-state index in [-0.39, 0.29) is 12.1 Å². The number of halogens is 1. The molecule has 0 amide bonds. The van der Waals surface area contributed by atoms with E-state index in [4.69, 9.17) is 28.2 Å². The van der Waals surface area contributed by atoms with Crippen molar-refractivity contribution in [2.75, 3.05) is 4.90 Å². The Hall–Kier alpha value is -3.15. The topological polar surface area (TPSA) is 41.3 Å². The van der Waals surface area contributed by atoms with Gasteiger partial charge < -0.3 is 14.6 Å². The van der Waals surface area contributed by atoms with E-state index in [0.717, 1.165) is 34.0 Å². The lowest BCUT2D eigenvalue weighted by molar-refractivity contribution is 0.439. The molecule has 166 valence electrons. The van der Waals surface area contributed by atoms with Crippen LogP contribution in [0.1, 0.15) is 40.2 Å². The number of nitrogens with zero attached hydrogens (tertiary/aromatic N) is 2. The van der Waals surface area contributed by atoms with Crippen LogP contribution in [-0.4, -0.2) is 10.1 Å². The lowest BCUT2D eigenvalue weighted by Gasteiger charge is -2.26. The van der Waals surface area contributed by atoms with Gasteiger partial charge in [0.2, 0.25) is 0 Å². The summed E-state index contributed by atoms with van der Waals surface area (Å²) in [5.41, 5.74) is 6.39. The molecule has 0 radical (unpaired) electrons. The van der Waals surface area contributed by atoms with Gasteiger partial charge in [-0.1, -0.05) is 29.8 Å². The molecule has 2 aromatic heterocycles. The van der Waals surface area contributed by atoms with Crippen molar-refractivity contribution in [1.82, 2.24) is 10.3 Å². The summed E-state index contributed by atoms with van der Waals surface area (Å²) in [5.74, 6) is 1.59. The second-order valence-electron chi connectivity index (χ2n) is 8.50. The van der Waals surface area contributed by atoms with E-state index in [2.05, 4.69) is 54.2 Å². The Bertz CT molecular complexity index is 1310. The first-order valence-corrected chi connectivity index (χ1v) is 11.6. The van der Waals surface area contributed by atoms with E-state index >= 15 is 0 Å². The number of pyridine rings is 1. The minimum Gasteiger partial charge on any atom is -0.459 e. The lowest BCUT2D eigenvalue weighted by Crippen LogP contribution is -2.29. The maximum atomic E-state index is 6.47. The first-order valence-electron chi connectivity index (χ1n) is 10.9. The van der Waals surface area contributed by atoms with Gasteiger partial charge in [-0.05, 0) is 98.2 Å². The van der Waals surface area contributed by atoms with E-state index in [0.29, 0.717) is 10.1 Å². The van der Waals surface area contributed by atoms with E-state index in [1.807, 2.05) is 48.5 Å². The Morgan fingerprint density at radius 2 is 1.76 bits per heavy atom. The SMILES string of the molecule is Cc1cc(C)cc(N2C(=S)NC(c3ccccn3)C2c2ccc(-c3cc(Cl)ccc3C)o2)c1. The normalized spacial score (nSPS) is 17.9. The predicted octanol–water partition coefficient (Wildman–Crippen LogP) is 7.10. The number of hydrogen-bond acceptors (Lipinski definition) is 3. The molecule has 1 aliphatic heterocycles. The molecule has 2 unspecified atom stereocenters. The van der Waals surface area contributed by atoms with E-state index < -0.39 is 0 Å². The maximum Gasteiger partial charge on any atom is 0.174 e. The number of anilines is 1. The molecule has 0 bridgehead atoms. The van der Waals surface area contributed by atoms with Crippen LogP contribution in [0.5, 0.6) is 0 Å². The molecule has 2 aromatic carbocycles. The highest BCUT2D eigenvalue weighted by Crippen LogP contribution is 2.43. The van der Waals surface area contributed by atoms with Gasteiger partial charge in [-0.25, -0.2) is 0 Å². The van der Waals surface area contributed by atoms with Crippen LogP contribution >= 0.6 is 23.8 Å². The summed E-state index contributed by atoms with van der Waals surface area (Å²) < 4.78 is 6.47. The smallest absolute Gasteiger partial charge is 0.174 e.